The minimum Gasteiger partial charge on any atom is -0.495 e. The van der Waals surface area contributed by atoms with Crippen LogP contribution in [-0.4, -0.2) is 67.8 Å². The van der Waals surface area contributed by atoms with Crippen LogP contribution >= 0.6 is 0 Å². The minimum absolute atomic E-state index is 0.169. The van der Waals surface area contributed by atoms with Crippen LogP contribution in [0.2, 0.25) is 0 Å². The van der Waals surface area contributed by atoms with Crippen molar-refractivity contribution < 1.29 is 18.3 Å². The highest BCUT2D eigenvalue weighted by Gasteiger charge is 2.29. The average Bonchev–Trinajstić information content (AvgIpc) is 3.60. The molecule has 1 aliphatic heterocycles. The molecule has 5 heterocycles. The number of alkyl halides is 1. The van der Waals surface area contributed by atoms with E-state index < -0.39 is 12.7 Å². The summed E-state index contributed by atoms with van der Waals surface area (Å²) in [6.07, 6.45) is 2.26. The van der Waals surface area contributed by atoms with E-state index in [0.717, 1.165) is 28.1 Å². The number of halogens is 1. The first-order chi connectivity index (χ1) is 18.4. The smallest absolute Gasteiger partial charge is 0.255 e. The summed E-state index contributed by atoms with van der Waals surface area (Å²) in [6, 6.07) is 9.02. The number of benzene rings is 1. The van der Waals surface area contributed by atoms with Crippen LogP contribution in [0.3, 0.4) is 0 Å². The van der Waals surface area contributed by atoms with Crippen molar-refractivity contribution in [2.75, 3.05) is 26.9 Å². The molecule has 10 nitrogen and oxygen atoms in total. The summed E-state index contributed by atoms with van der Waals surface area (Å²) >= 11 is 0. The number of para-hydroxylation sites is 1. The molecule has 0 saturated carbocycles. The molecular weight excluding hydrogens is 489 g/mol. The molecule has 1 amide bonds. The quantitative estimate of drug-likeness (QED) is 0.352. The van der Waals surface area contributed by atoms with Gasteiger partial charge in [-0.05, 0) is 25.1 Å². The van der Waals surface area contributed by atoms with Crippen LogP contribution in [0.5, 0.6) is 5.75 Å². The van der Waals surface area contributed by atoms with Gasteiger partial charge in [0.05, 0.1) is 48.4 Å². The molecule has 4 aromatic heterocycles. The fourth-order valence-corrected chi connectivity index (χ4v) is 5.19. The molecule has 6 rings (SSSR count). The summed E-state index contributed by atoms with van der Waals surface area (Å²) in [7, 11) is 3.56. The van der Waals surface area contributed by atoms with E-state index in [9.17, 15) is 9.18 Å². The Kier molecular flexibility index (Phi) is 5.87. The Morgan fingerprint density at radius 3 is 2.84 bits per heavy atom. The molecule has 0 aliphatic carbocycles. The van der Waals surface area contributed by atoms with Gasteiger partial charge in [0.15, 0.2) is 11.5 Å². The first kappa shape index (κ1) is 24.1. The highest BCUT2D eigenvalue weighted by Crippen LogP contribution is 2.35. The van der Waals surface area contributed by atoms with Crippen LogP contribution < -0.4 is 10.5 Å². The molecule has 1 aliphatic rings. The third kappa shape index (κ3) is 3.90. The number of ether oxygens (including phenoxy) is 1. The van der Waals surface area contributed by atoms with Gasteiger partial charge in [0.1, 0.15) is 23.7 Å². The van der Waals surface area contributed by atoms with Crippen LogP contribution in [0.4, 0.5) is 4.39 Å². The second-order valence-electron chi connectivity index (χ2n) is 9.61. The fraction of sp³-hybridized carbons (Fsp3) is 0.333. The molecule has 0 bridgehead atoms. The summed E-state index contributed by atoms with van der Waals surface area (Å²) < 4.78 is 28.5. The zero-order chi connectivity index (χ0) is 26.6. The van der Waals surface area contributed by atoms with Gasteiger partial charge in [0, 0.05) is 31.9 Å². The van der Waals surface area contributed by atoms with Crippen molar-refractivity contribution in [2.24, 2.45) is 12.8 Å². The summed E-state index contributed by atoms with van der Waals surface area (Å²) in [5.41, 5.74) is 9.96. The maximum Gasteiger partial charge on any atom is 0.255 e. The molecule has 0 fully saturated rings. The van der Waals surface area contributed by atoms with Crippen molar-refractivity contribution in [3.8, 4) is 17.3 Å². The van der Waals surface area contributed by atoms with E-state index in [1.165, 1.54) is 0 Å². The van der Waals surface area contributed by atoms with Gasteiger partial charge in [-0.1, -0.05) is 12.1 Å². The topological polar surface area (TPSA) is 117 Å². The second-order valence-corrected chi connectivity index (χ2v) is 9.61. The summed E-state index contributed by atoms with van der Waals surface area (Å²) in [5.74, 6) is 2.50. The molecular formula is C27H28FN7O3. The zero-order valence-corrected chi connectivity index (χ0v) is 21.4. The maximum absolute atomic E-state index is 13.2. The second kappa shape index (κ2) is 9.25. The number of imidazole rings is 1. The van der Waals surface area contributed by atoms with Crippen LogP contribution in [0, 0.1) is 6.92 Å². The molecule has 0 radical (unpaired) electrons. The van der Waals surface area contributed by atoms with E-state index in [2.05, 4.69) is 15.6 Å². The van der Waals surface area contributed by atoms with Crippen LogP contribution in [0.25, 0.3) is 33.6 Å². The first-order valence-corrected chi connectivity index (χ1v) is 12.4. The third-order valence-corrected chi connectivity index (χ3v) is 7.01. The SMILES string of the molecule is COc1cccc2cc(-c3nc4cc5c(nc4n3C)CCN(C[C@H](N)CF)C5=O)n(Cc3ncc(C)o3)c12. The molecule has 38 heavy (non-hydrogen) atoms. The molecule has 196 valence electrons. The number of hydrogen-bond acceptors (Lipinski definition) is 7. The Labute approximate surface area is 217 Å². The Bertz CT molecular complexity index is 1690. The number of carbonyl (C=O) groups is 1. The number of nitrogens with two attached hydrogens (primary N) is 1. The van der Waals surface area contributed by atoms with Crippen molar-refractivity contribution in [2.45, 2.75) is 25.9 Å². The summed E-state index contributed by atoms with van der Waals surface area (Å²) in [5, 5.41) is 0.983. The van der Waals surface area contributed by atoms with E-state index in [4.69, 9.17) is 24.9 Å². The predicted octanol–water partition coefficient (Wildman–Crippen LogP) is 3.24. The predicted molar refractivity (Wildman–Crippen MR) is 140 cm³/mol. The summed E-state index contributed by atoms with van der Waals surface area (Å²) in [4.78, 5) is 28.9. The van der Waals surface area contributed by atoms with E-state index in [0.29, 0.717) is 53.6 Å². The number of amides is 1. The molecule has 2 N–H and O–H groups in total. The van der Waals surface area contributed by atoms with Gasteiger partial charge in [-0.15, -0.1) is 0 Å². The van der Waals surface area contributed by atoms with E-state index in [1.807, 2.05) is 36.7 Å². The van der Waals surface area contributed by atoms with E-state index in [-0.39, 0.29) is 12.5 Å². The lowest BCUT2D eigenvalue weighted by atomic mass is 10.0. The molecule has 0 saturated heterocycles. The number of oxazole rings is 1. The van der Waals surface area contributed by atoms with Crippen LogP contribution in [0.15, 0.2) is 40.9 Å². The van der Waals surface area contributed by atoms with Crippen molar-refractivity contribution >= 4 is 28.0 Å². The Balaban J connectivity index is 1.49. The average molecular weight is 518 g/mol. The molecule has 5 aromatic rings. The molecule has 11 heteroatoms. The lowest BCUT2D eigenvalue weighted by Crippen LogP contribution is -2.45. The van der Waals surface area contributed by atoms with Gasteiger partial charge < -0.3 is 28.9 Å². The van der Waals surface area contributed by atoms with Gasteiger partial charge in [-0.2, -0.15) is 0 Å². The lowest BCUT2D eigenvalue weighted by Gasteiger charge is -2.29. The van der Waals surface area contributed by atoms with Crippen molar-refractivity contribution in [1.82, 2.24) is 29.0 Å². The third-order valence-electron chi connectivity index (χ3n) is 7.01. The number of methoxy groups -OCH3 is 1. The normalized spacial score (nSPS) is 14.4. The number of rotatable bonds is 7. The number of aryl methyl sites for hydroxylation is 2. The molecule has 1 atom stereocenters. The maximum atomic E-state index is 13.2. The fourth-order valence-electron chi connectivity index (χ4n) is 5.19. The summed E-state index contributed by atoms with van der Waals surface area (Å²) in [6.45, 7) is 2.18. The van der Waals surface area contributed by atoms with Gasteiger partial charge in [0.25, 0.3) is 5.91 Å². The highest BCUT2D eigenvalue weighted by atomic mass is 19.1. The van der Waals surface area contributed by atoms with Gasteiger partial charge >= 0.3 is 0 Å². The Hall–Kier alpha value is -4.25. The molecule has 0 unspecified atom stereocenters. The Morgan fingerprint density at radius 1 is 1.26 bits per heavy atom. The zero-order valence-electron chi connectivity index (χ0n) is 21.4. The largest absolute Gasteiger partial charge is 0.495 e. The van der Waals surface area contributed by atoms with E-state index >= 15 is 0 Å². The van der Waals surface area contributed by atoms with Crippen LogP contribution in [0.1, 0.15) is 27.7 Å². The van der Waals surface area contributed by atoms with E-state index in [1.54, 1.807) is 24.3 Å². The van der Waals surface area contributed by atoms with Gasteiger partial charge in [-0.3, -0.25) is 4.79 Å². The lowest BCUT2D eigenvalue weighted by molar-refractivity contribution is 0.0723. The monoisotopic (exact) mass is 517 g/mol. The Morgan fingerprint density at radius 2 is 2.11 bits per heavy atom. The van der Waals surface area contributed by atoms with Crippen LogP contribution in [-0.2, 0) is 20.0 Å². The number of pyridine rings is 1. The van der Waals surface area contributed by atoms with Crippen molar-refractivity contribution in [3.05, 3.63) is 59.4 Å². The number of aromatic nitrogens is 5. The van der Waals surface area contributed by atoms with Crippen molar-refractivity contribution in [1.29, 1.82) is 0 Å². The number of fused-ring (bicyclic) bond motifs is 3. The number of nitrogens with zero attached hydrogens (tertiary/aromatic N) is 6. The minimum atomic E-state index is -0.704. The van der Waals surface area contributed by atoms with Crippen molar-refractivity contribution in [3.63, 3.8) is 0 Å². The molecule has 1 aromatic carbocycles. The highest BCUT2D eigenvalue weighted by molar-refractivity contribution is 5.99. The first-order valence-electron chi connectivity index (χ1n) is 12.4. The van der Waals surface area contributed by atoms with Gasteiger partial charge in [-0.25, -0.2) is 19.3 Å². The standard InChI is InChI=1S/C27H28FN7O3/c1-15-12-30-23(38-15)14-35-21(9-16-5-4-6-22(37-3)24(16)35)26-32-20-10-18-19(31-25(20)33(26)2)7-8-34(27(18)36)13-17(29)11-28/h4-6,9-10,12,17H,7-8,11,13-14,29H2,1-3H3/t17-/m1/s1. The number of hydrogen-bond donors (Lipinski definition) is 1. The number of carbonyl (C=O) groups excluding carboxylic acids is 1. The molecule has 0 spiro atoms. The van der Waals surface area contributed by atoms with Gasteiger partial charge in [0.2, 0.25) is 5.89 Å².